The molecule has 0 aromatic rings. The van der Waals surface area contributed by atoms with E-state index >= 15 is 0 Å². The molecule has 0 aliphatic rings. The molecule has 0 rings (SSSR count). The molecule has 0 N–H and O–H groups in total. The summed E-state index contributed by atoms with van der Waals surface area (Å²) in [4.78, 5) is 0. The van der Waals surface area contributed by atoms with Crippen LogP contribution in [-0.4, -0.2) is 118 Å². The van der Waals surface area contributed by atoms with Crippen molar-refractivity contribution in [2.24, 2.45) is 0 Å². The first-order valence-electron chi connectivity index (χ1n) is 16.5. The molecule has 0 bridgehead atoms. The van der Waals surface area contributed by atoms with Crippen molar-refractivity contribution in [2.75, 3.05) is 112 Å². The van der Waals surface area contributed by atoms with Crippen LogP contribution in [0.25, 0.3) is 0 Å². The Balaban J connectivity index is 3.03. The van der Waals surface area contributed by atoms with Gasteiger partial charge in [0, 0.05) is 6.61 Å². The molecule has 41 heavy (non-hydrogen) atoms. The molecule has 0 saturated heterocycles. The molecule has 0 radical (unpaired) electrons. The van der Waals surface area contributed by atoms with E-state index < -0.39 is 0 Å². The van der Waals surface area contributed by atoms with Gasteiger partial charge in [0.1, 0.15) is 0 Å². The van der Waals surface area contributed by atoms with Crippen molar-refractivity contribution in [3.8, 4) is 0 Å². The normalized spacial score (nSPS) is 11.7. The minimum absolute atomic E-state index is 0.240. The topological polar surface area (TPSA) is 83.1 Å². The second kappa shape index (κ2) is 37.7. The van der Waals surface area contributed by atoms with Gasteiger partial charge in [-0.2, -0.15) is 0 Å². The largest absolute Gasteiger partial charge is 0.379 e. The third-order valence-electron chi connectivity index (χ3n) is 6.18. The standard InChI is InChI=1S/C32H66O9/c1-4-5-6-7-8-9-10-11-12-13-14-15-33-16-17-34-18-19-35-20-21-36-22-23-37-24-25-38-26-27-39-28-29-40-30-31-41-32(2)3/h32H,4-31H2,1-3H3. The van der Waals surface area contributed by atoms with E-state index in [1.54, 1.807) is 0 Å². The lowest BCUT2D eigenvalue weighted by Gasteiger charge is -2.09. The first-order chi connectivity index (χ1) is 20.3. The van der Waals surface area contributed by atoms with Crippen LogP contribution < -0.4 is 0 Å². The van der Waals surface area contributed by atoms with E-state index in [2.05, 4.69) is 6.92 Å². The van der Waals surface area contributed by atoms with Gasteiger partial charge in [-0.05, 0) is 20.3 Å². The first-order valence-corrected chi connectivity index (χ1v) is 16.5. The number of rotatable bonds is 37. The molecule has 9 heteroatoms. The van der Waals surface area contributed by atoms with Gasteiger partial charge in [-0.15, -0.1) is 0 Å². The fourth-order valence-electron chi connectivity index (χ4n) is 3.85. The van der Waals surface area contributed by atoms with E-state index in [1.165, 1.54) is 64.2 Å². The molecule has 0 unspecified atom stereocenters. The highest BCUT2D eigenvalue weighted by Crippen LogP contribution is 2.11. The van der Waals surface area contributed by atoms with Gasteiger partial charge >= 0.3 is 0 Å². The van der Waals surface area contributed by atoms with E-state index in [1.807, 2.05) is 13.8 Å². The Morgan fingerprint density at radius 2 is 0.537 bits per heavy atom. The molecular formula is C32H66O9. The van der Waals surface area contributed by atoms with Crippen LogP contribution in [0, 0.1) is 0 Å². The van der Waals surface area contributed by atoms with Gasteiger partial charge < -0.3 is 42.6 Å². The minimum atomic E-state index is 0.240. The third kappa shape index (κ3) is 39.6. The molecule has 0 aromatic heterocycles. The molecule has 0 aliphatic carbocycles. The fourth-order valence-corrected chi connectivity index (χ4v) is 3.85. The summed E-state index contributed by atoms with van der Waals surface area (Å²) in [6.45, 7) is 16.3. The Morgan fingerprint density at radius 1 is 0.293 bits per heavy atom. The zero-order chi connectivity index (χ0) is 29.7. The lowest BCUT2D eigenvalue weighted by atomic mass is 10.1. The van der Waals surface area contributed by atoms with Gasteiger partial charge in [-0.25, -0.2) is 0 Å². The summed E-state index contributed by atoms with van der Waals surface area (Å²) < 4.78 is 49.4. The Morgan fingerprint density at radius 3 is 0.829 bits per heavy atom. The second-order valence-corrected chi connectivity index (χ2v) is 10.4. The molecule has 0 fully saturated rings. The highest BCUT2D eigenvalue weighted by molar-refractivity contribution is 4.48. The molecule has 0 atom stereocenters. The van der Waals surface area contributed by atoms with Crippen LogP contribution in [0.4, 0.5) is 0 Å². The maximum Gasteiger partial charge on any atom is 0.0703 e. The zero-order valence-corrected chi connectivity index (χ0v) is 27.1. The quantitative estimate of drug-likeness (QED) is 0.0822. The van der Waals surface area contributed by atoms with Crippen LogP contribution in [0.15, 0.2) is 0 Å². The third-order valence-corrected chi connectivity index (χ3v) is 6.18. The van der Waals surface area contributed by atoms with Crippen LogP contribution in [0.1, 0.15) is 91.4 Å². The van der Waals surface area contributed by atoms with Gasteiger partial charge in [0.25, 0.3) is 0 Å². The molecule has 0 heterocycles. The molecule has 9 nitrogen and oxygen atoms in total. The first kappa shape index (κ1) is 40.6. The van der Waals surface area contributed by atoms with Crippen molar-refractivity contribution in [2.45, 2.75) is 97.5 Å². The Kier molecular flexibility index (Phi) is 37.3. The predicted molar refractivity (Wildman–Crippen MR) is 164 cm³/mol. The molecule has 0 amide bonds. The van der Waals surface area contributed by atoms with Gasteiger partial charge in [-0.3, -0.25) is 0 Å². The van der Waals surface area contributed by atoms with E-state index in [4.69, 9.17) is 42.6 Å². The van der Waals surface area contributed by atoms with Crippen molar-refractivity contribution >= 4 is 0 Å². The van der Waals surface area contributed by atoms with E-state index in [0.717, 1.165) is 13.0 Å². The molecule has 0 saturated carbocycles. The molecular weight excluding hydrogens is 528 g/mol. The average Bonchev–Trinajstić information content (AvgIpc) is 2.97. The number of hydrogen-bond acceptors (Lipinski definition) is 9. The number of hydrogen-bond donors (Lipinski definition) is 0. The van der Waals surface area contributed by atoms with Crippen LogP contribution in [0.5, 0.6) is 0 Å². The number of unbranched alkanes of at least 4 members (excludes halogenated alkanes) is 10. The highest BCUT2D eigenvalue weighted by Gasteiger charge is 1.97. The zero-order valence-electron chi connectivity index (χ0n) is 27.1. The van der Waals surface area contributed by atoms with Crippen molar-refractivity contribution in [3.05, 3.63) is 0 Å². The molecule has 0 spiro atoms. The summed E-state index contributed by atoms with van der Waals surface area (Å²) >= 11 is 0. The van der Waals surface area contributed by atoms with E-state index in [-0.39, 0.29) is 6.10 Å². The van der Waals surface area contributed by atoms with E-state index in [0.29, 0.717) is 106 Å². The highest BCUT2D eigenvalue weighted by atomic mass is 16.6. The minimum Gasteiger partial charge on any atom is -0.379 e. The summed E-state index contributed by atoms with van der Waals surface area (Å²) in [7, 11) is 0. The van der Waals surface area contributed by atoms with E-state index in [9.17, 15) is 0 Å². The van der Waals surface area contributed by atoms with Gasteiger partial charge in [0.2, 0.25) is 0 Å². The fraction of sp³-hybridized carbons (Fsp3) is 1.00. The Labute approximate surface area is 252 Å². The molecule has 0 aliphatic heterocycles. The lowest BCUT2D eigenvalue weighted by molar-refractivity contribution is -0.0269. The van der Waals surface area contributed by atoms with Crippen molar-refractivity contribution in [1.29, 1.82) is 0 Å². The SMILES string of the molecule is CCCCCCCCCCCCCOCCOCCOCCOCCOCCOCCOCCOCCOC(C)C. The van der Waals surface area contributed by atoms with Gasteiger partial charge in [-0.1, -0.05) is 71.1 Å². The Hall–Kier alpha value is -0.360. The maximum absolute atomic E-state index is 5.65. The summed E-state index contributed by atoms with van der Waals surface area (Å²) in [5.74, 6) is 0. The molecule has 248 valence electrons. The smallest absolute Gasteiger partial charge is 0.0703 e. The summed E-state index contributed by atoms with van der Waals surface area (Å²) in [6.07, 6.45) is 15.2. The monoisotopic (exact) mass is 594 g/mol. The van der Waals surface area contributed by atoms with Gasteiger partial charge in [0.05, 0.1) is 112 Å². The van der Waals surface area contributed by atoms with Crippen molar-refractivity contribution in [3.63, 3.8) is 0 Å². The maximum atomic E-state index is 5.65. The second-order valence-electron chi connectivity index (χ2n) is 10.4. The summed E-state index contributed by atoms with van der Waals surface area (Å²) in [5.41, 5.74) is 0. The van der Waals surface area contributed by atoms with Crippen LogP contribution in [0.2, 0.25) is 0 Å². The number of ether oxygens (including phenoxy) is 9. The van der Waals surface area contributed by atoms with Crippen LogP contribution in [-0.2, 0) is 42.6 Å². The van der Waals surface area contributed by atoms with Gasteiger partial charge in [0.15, 0.2) is 0 Å². The predicted octanol–water partition coefficient (Wildman–Crippen LogP) is 5.86. The lowest BCUT2D eigenvalue weighted by Crippen LogP contribution is -2.15. The molecule has 0 aromatic carbocycles. The van der Waals surface area contributed by atoms with Crippen molar-refractivity contribution in [1.82, 2.24) is 0 Å². The summed E-state index contributed by atoms with van der Waals surface area (Å²) in [5, 5.41) is 0. The van der Waals surface area contributed by atoms with Crippen LogP contribution >= 0.6 is 0 Å². The van der Waals surface area contributed by atoms with Crippen LogP contribution in [0.3, 0.4) is 0 Å². The Bertz CT molecular complexity index is 455. The summed E-state index contributed by atoms with van der Waals surface area (Å²) in [6, 6.07) is 0. The van der Waals surface area contributed by atoms with Crippen molar-refractivity contribution < 1.29 is 42.6 Å². The average molecular weight is 595 g/mol.